The molecule has 0 unspecified atom stereocenters. The molecule has 0 atom stereocenters. The molecule has 0 bridgehead atoms. The molecule has 0 radical (unpaired) electrons. The highest BCUT2D eigenvalue weighted by molar-refractivity contribution is 7.19. The van der Waals surface area contributed by atoms with Gasteiger partial charge in [-0.3, -0.25) is 4.79 Å². The maximum absolute atomic E-state index is 11.1. The van der Waals surface area contributed by atoms with E-state index in [2.05, 4.69) is 9.97 Å². The van der Waals surface area contributed by atoms with Gasteiger partial charge in [0, 0.05) is 10.9 Å². The predicted molar refractivity (Wildman–Crippen MR) is 84.7 cm³/mol. The number of carbonyl (C=O) groups excluding carboxylic acids is 1. The van der Waals surface area contributed by atoms with Crippen molar-refractivity contribution >= 4 is 28.5 Å². The summed E-state index contributed by atoms with van der Waals surface area (Å²) < 4.78 is 0. The second kappa shape index (κ2) is 5.75. The highest BCUT2D eigenvalue weighted by atomic mass is 32.1. The Kier molecular flexibility index (Phi) is 3.81. The molecule has 3 aromatic rings. The molecule has 0 saturated heterocycles. The quantitative estimate of drug-likeness (QED) is 0.796. The molecule has 4 nitrogen and oxygen atoms in total. The first kappa shape index (κ1) is 13.9. The number of hydrogen-bond donors (Lipinski definition) is 1. The zero-order valence-electron chi connectivity index (χ0n) is 11.2. The Bertz CT molecular complexity index is 778. The summed E-state index contributed by atoms with van der Waals surface area (Å²) in [7, 11) is 0. The Balaban J connectivity index is 1.94. The fourth-order valence-electron chi connectivity index (χ4n) is 1.89. The molecule has 0 saturated carbocycles. The molecule has 0 amide bonds. The predicted octanol–water partition coefficient (Wildman–Crippen LogP) is 3.77. The third-order valence-electron chi connectivity index (χ3n) is 2.81. The van der Waals surface area contributed by atoms with Gasteiger partial charge < -0.3 is 5.11 Å². The minimum atomic E-state index is -0.0153. The third-order valence-corrected chi connectivity index (χ3v) is 4.78. The van der Waals surface area contributed by atoms with Crippen molar-refractivity contribution in [3.05, 3.63) is 40.7 Å². The molecule has 0 aliphatic heterocycles. The van der Waals surface area contributed by atoms with Crippen LogP contribution in [0.25, 0.3) is 21.1 Å². The number of hydrogen-bond acceptors (Lipinski definition) is 6. The smallest absolute Gasteiger partial charge is 0.232 e. The average Bonchev–Trinajstić information content (AvgIpc) is 3.06. The maximum atomic E-state index is 11.1. The van der Waals surface area contributed by atoms with Gasteiger partial charge in [-0.05, 0) is 6.92 Å². The monoisotopic (exact) mass is 316 g/mol. The highest BCUT2D eigenvalue weighted by Gasteiger charge is 2.16. The summed E-state index contributed by atoms with van der Waals surface area (Å²) in [4.78, 5) is 20.4. The Hall–Kier alpha value is -2.05. The van der Waals surface area contributed by atoms with Crippen molar-refractivity contribution in [1.82, 2.24) is 9.97 Å². The molecule has 1 N–H and O–H groups in total. The minimum absolute atomic E-state index is 0.0153. The van der Waals surface area contributed by atoms with E-state index < -0.39 is 0 Å². The average molecular weight is 316 g/mol. The minimum Gasteiger partial charge on any atom is -0.492 e. The topological polar surface area (TPSA) is 63.1 Å². The molecule has 3 rings (SSSR count). The van der Waals surface area contributed by atoms with Crippen molar-refractivity contribution < 1.29 is 9.90 Å². The van der Waals surface area contributed by atoms with Crippen LogP contribution in [0.2, 0.25) is 0 Å². The third kappa shape index (κ3) is 3.01. The van der Waals surface area contributed by atoms with Gasteiger partial charge >= 0.3 is 0 Å². The number of carbonyl (C=O) groups is 1. The summed E-state index contributed by atoms with van der Waals surface area (Å²) in [6, 6.07) is 9.70. The van der Waals surface area contributed by atoms with Crippen LogP contribution in [0.5, 0.6) is 5.88 Å². The van der Waals surface area contributed by atoms with E-state index in [4.69, 9.17) is 0 Å². The largest absolute Gasteiger partial charge is 0.492 e. The van der Waals surface area contributed by atoms with Gasteiger partial charge in [0.1, 0.15) is 20.7 Å². The van der Waals surface area contributed by atoms with Gasteiger partial charge in [0.05, 0.1) is 12.1 Å². The van der Waals surface area contributed by atoms with Crippen molar-refractivity contribution in [2.75, 3.05) is 0 Å². The summed E-state index contributed by atoms with van der Waals surface area (Å²) in [5, 5.41) is 13.4. The first-order chi connectivity index (χ1) is 10.1. The molecule has 0 fully saturated rings. The fraction of sp³-hybridized carbons (Fsp3) is 0.133. The number of aromatic hydroxyl groups is 1. The van der Waals surface area contributed by atoms with E-state index in [1.54, 1.807) is 6.92 Å². The molecule has 6 heteroatoms. The van der Waals surface area contributed by atoms with Crippen molar-refractivity contribution in [2.24, 2.45) is 0 Å². The van der Waals surface area contributed by atoms with Crippen molar-refractivity contribution in [2.45, 2.75) is 13.3 Å². The van der Waals surface area contributed by atoms with Gasteiger partial charge in [0.2, 0.25) is 5.88 Å². The van der Waals surface area contributed by atoms with Gasteiger partial charge in [-0.15, -0.1) is 22.7 Å². The van der Waals surface area contributed by atoms with Crippen molar-refractivity contribution in [1.29, 1.82) is 0 Å². The fourth-order valence-corrected chi connectivity index (χ4v) is 3.75. The highest BCUT2D eigenvalue weighted by Crippen LogP contribution is 2.39. The van der Waals surface area contributed by atoms with Gasteiger partial charge in [0.25, 0.3) is 0 Å². The zero-order chi connectivity index (χ0) is 14.8. The summed E-state index contributed by atoms with van der Waals surface area (Å²) in [6.07, 6.45) is 0.329. The second-order valence-corrected chi connectivity index (χ2v) is 6.48. The van der Waals surface area contributed by atoms with Crippen molar-refractivity contribution in [3.8, 4) is 27.0 Å². The molecule has 106 valence electrons. The van der Waals surface area contributed by atoms with Gasteiger partial charge in [-0.1, -0.05) is 30.3 Å². The van der Waals surface area contributed by atoms with Gasteiger partial charge in [0.15, 0.2) is 0 Å². The number of thiazole rings is 2. The number of ketones is 1. The van der Waals surface area contributed by atoms with E-state index >= 15 is 0 Å². The Labute approximate surface area is 129 Å². The second-order valence-electron chi connectivity index (χ2n) is 4.54. The van der Waals surface area contributed by atoms with Crippen LogP contribution in [0.4, 0.5) is 0 Å². The number of rotatable bonds is 4. The van der Waals surface area contributed by atoms with Gasteiger partial charge in [-0.25, -0.2) is 9.97 Å². The lowest BCUT2D eigenvalue weighted by Gasteiger charge is -1.92. The zero-order valence-corrected chi connectivity index (χ0v) is 12.9. The van der Waals surface area contributed by atoms with Crippen LogP contribution in [0.3, 0.4) is 0 Å². The summed E-state index contributed by atoms with van der Waals surface area (Å²) in [5.74, 6) is 0.0629. The molecule has 0 spiro atoms. The lowest BCUT2D eigenvalue weighted by molar-refractivity contribution is -0.116. The van der Waals surface area contributed by atoms with Crippen LogP contribution in [0, 0.1) is 0 Å². The molecular weight excluding hydrogens is 304 g/mol. The number of benzene rings is 1. The van der Waals surface area contributed by atoms with Crippen molar-refractivity contribution in [3.63, 3.8) is 0 Å². The molecular formula is C15H12N2O2S2. The molecule has 2 heterocycles. The lowest BCUT2D eigenvalue weighted by atomic mass is 10.2. The Morgan fingerprint density at radius 2 is 2.00 bits per heavy atom. The van der Waals surface area contributed by atoms with E-state index in [1.165, 1.54) is 22.7 Å². The molecule has 0 aliphatic rings. The van der Waals surface area contributed by atoms with Crippen LogP contribution >= 0.6 is 22.7 Å². The summed E-state index contributed by atoms with van der Waals surface area (Å²) in [6.45, 7) is 1.54. The molecule has 2 aromatic heterocycles. The van der Waals surface area contributed by atoms with E-state index in [-0.39, 0.29) is 11.7 Å². The Morgan fingerprint density at radius 1 is 1.24 bits per heavy atom. The summed E-state index contributed by atoms with van der Waals surface area (Å²) in [5.41, 5.74) is 1.64. The van der Waals surface area contributed by atoms with Crippen LogP contribution in [0.1, 0.15) is 11.9 Å². The maximum Gasteiger partial charge on any atom is 0.232 e. The van der Waals surface area contributed by atoms with Crippen LogP contribution in [-0.2, 0) is 11.2 Å². The van der Waals surface area contributed by atoms with E-state index in [0.717, 1.165) is 15.6 Å². The molecule has 21 heavy (non-hydrogen) atoms. The van der Waals surface area contributed by atoms with Gasteiger partial charge in [-0.2, -0.15) is 0 Å². The SMILES string of the molecule is CC(=O)Cc1nc(-c2sc(-c3ccccc3)nc2O)cs1. The first-order valence-corrected chi connectivity index (χ1v) is 8.02. The van der Waals surface area contributed by atoms with Crippen LogP contribution in [-0.4, -0.2) is 20.9 Å². The summed E-state index contributed by atoms with van der Waals surface area (Å²) >= 11 is 2.82. The first-order valence-electron chi connectivity index (χ1n) is 6.33. The standard InChI is InChI=1S/C15H12N2O2S2/c1-9(18)7-12-16-11(8-20-12)13-14(19)17-15(21-13)10-5-3-2-4-6-10/h2-6,8,19H,7H2,1H3. The van der Waals surface area contributed by atoms with E-state index in [9.17, 15) is 9.90 Å². The molecule has 0 aliphatic carbocycles. The normalized spacial score (nSPS) is 10.7. The number of aromatic nitrogens is 2. The van der Waals surface area contributed by atoms with Crippen LogP contribution < -0.4 is 0 Å². The number of Topliss-reactive ketones (excluding diaryl/α,β-unsaturated/α-hetero) is 1. The molecule has 1 aromatic carbocycles. The van der Waals surface area contributed by atoms with E-state index in [0.29, 0.717) is 17.0 Å². The number of nitrogens with zero attached hydrogens (tertiary/aromatic N) is 2. The lowest BCUT2D eigenvalue weighted by Crippen LogP contribution is -1.94. The van der Waals surface area contributed by atoms with E-state index in [1.807, 2.05) is 35.7 Å². The Morgan fingerprint density at radius 3 is 2.71 bits per heavy atom. The van der Waals surface area contributed by atoms with Crippen LogP contribution in [0.15, 0.2) is 35.7 Å².